The molecule has 3 rings (SSSR count). The first-order chi connectivity index (χ1) is 8.88. The van der Waals surface area contributed by atoms with E-state index in [1.54, 1.807) is 6.26 Å². The van der Waals surface area contributed by atoms with E-state index in [-0.39, 0.29) is 0 Å². The van der Waals surface area contributed by atoms with Crippen molar-refractivity contribution < 1.29 is 9.15 Å². The van der Waals surface area contributed by atoms with Gasteiger partial charge in [-0.05, 0) is 37.8 Å². The molecule has 2 heterocycles. The molecule has 4 nitrogen and oxygen atoms in total. The first-order valence-electron chi connectivity index (χ1n) is 6.98. The summed E-state index contributed by atoms with van der Waals surface area (Å²) in [6.45, 7) is 2.42. The predicted molar refractivity (Wildman–Crippen MR) is 69.1 cm³/mol. The van der Waals surface area contributed by atoms with Crippen LogP contribution in [0.15, 0.2) is 22.8 Å². The summed E-state index contributed by atoms with van der Waals surface area (Å²) in [7, 11) is 0. The predicted octanol–water partition coefficient (Wildman–Crippen LogP) is 1.75. The maximum Gasteiger partial charge on any atom is 0.117 e. The van der Waals surface area contributed by atoms with Crippen LogP contribution in [-0.2, 0) is 11.3 Å². The second-order valence-electron chi connectivity index (χ2n) is 5.34. The lowest BCUT2D eigenvalue weighted by atomic mass is 10.1. The zero-order chi connectivity index (χ0) is 12.4. The second-order valence-corrected chi connectivity index (χ2v) is 5.34. The van der Waals surface area contributed by atoms with Crippen LogP contribution in [0.25, 0.3) is 0 Å². The number of nitrogens with two attached hydrogens (primary N) is 1. The Morgan fingerprint density at radius 1 is 1.39 bits per heavy atom. The molecule has 100 valence electrons. The van der Waals surface area contributed by atoms with E-state index in [0.29, 0.717) is 24.7 Å². The minimum absolute atomic E-state index is 0.311. The number of rotatable bonds is 6. The fourth-order valence-electron chi connectivity index (χ4n) is 2.91. The summed E-state index contributed by atoms with van der Waals surface area (Å²) < 4.78 is 11.3. The molecule has 1 aromatic heterocycles. The van der Waals surface area contributed by atoms with Crippen LogP contribution in [0.4, 0.5) is 0 Å². The van der Waals surface area contributed by atoms with Gasteiger partial charge in [-0.2, -0.15) is 0 Å². The Morgan fingerprint density at radius 2 is 2.28 bits per heavy atom. The molecule has 1 aliphatic carbocycles. The molecule has 1 aromatic rings. The fourth-order valence-corrected chi connectivity index (χ4v) is 2.91. The molecule has 0 spiro atoms. The number of hydrogen-bond acceptors (Lipinski definition) is 4. The molecule has 0 bridgehead atoms. The van der Waals surface area contributed by atoms with Gasteiger partial charge in [-0.15, -0.1) is 0 Å². The summed E-state index contributed by atoms with van der Waals surface area (Å²) in [6.07, 6.45) is 6.92. The molecule has 0 aromatic carbocycles. The molecule has 2 aliphatic rings. The van der Waals surface area contributed by atoms with Gasteiger partial charge in [-0.25, -0.2) is 0 Å². The highest BCUT2D eigenvalue weighted by molar-refractivity contribution is 5.02. The van der Waals surface area contributed by atoms with Gasteiger partial charge in [0.1, 0.15) is 5.76 Å². The Balaban J connectivity index is 1.70. The molecule has 0 radical (unpaired) electrons. The first kappa shape index (κ1) is 12.2. The minimum atomic E-state index is 0.311. The third kappa shape index (κ3) is 2.60. The molecule has 2 fully saturated rings. The first-order valence-corrected chi connectivity index (χ1v) is 6.98. The number of hydrogen-bond donors (Lipinski definition) is 1. The quantitative estimate of drug-likeness (QED) is 0.835. The summed E-state index contributed by atoms with van der Waals surface area (Å²) in [6, 6.07) is 5.00. The SMILES string of the molecule is NCC(C1CCCO1)N(Cc1ccco1)C1CC1. The van der Waals surface area contributed by atoms with Crippen molar-refractivity contribution in [2.24, 2.45) is 5.73 Å². The monoisotopic (exact) mass is 250 g/mol. The zero-order valence-electron chi connectivity index (χ0n) is 10.8. The lowest BCUT2D eigenvalue weighted by molar-refractivity contribution is 0.0173. The molecule has 2 unspecified atom stereocenters. The van der Waals surface area contributed by atoms with Crippen molar-refractivity contribution in [1.82, 2.24) is 4.90 Å². The second kappa shape index (κ2) is 5.43. The van der Waals surface area contributed by atoms with Gasteiger partial charge in [-0.1, -0.05) is 0 Å². The fraction of sp³-hybridized carbons (Fsp3) is 0.714. The van der Waals surface area contributed by atoms with Gasteiger partial charge >= 0.3 is 0 Å². The standard InChI is InChI=1S/C14H22N2O2/c15-9-13(14-4-2-8-18-14)16(11-5-6-11)10-12-3-1-7-17-12/h1,3,7,11,13-14H,2,4-6,8-10,15H2. The Bertz CT molecular complexity index is 356. The molecule has 2 atom stereocenters. The van der Waals surface area contributed by atoms with E-state index in [4.69, 9.17) is 14.9 Å². The van der Waals surface area contributed by atoms with Crippen molar-refractivity contribution in [2.45, 2.75) is 50.4 Å². The largest absolute Gasteiger partial charge is 0.468 e. The molecule has 1 aliphatic heterocycles. The van der Waals surface area contributed by atoms with Gasteiger partial charge in [0.25, 0.3) is 0 Å². The van der Waals surface area contributed by atoms with E-state index in [9.17, 15) is 0 Å². The van der Waals surface area contributed by atoms with E-state index >= 15 is 0 Å². The smallest absolute Gasteiger partial charge is 0.117 e. The topological polar surface area (TPSA) is 51.6 Å². The van der Waals surface area contributed by atoms with Crippen LogP contribution in [0.2, 0.25) is 0 Å². The van der Waals surface area contributed by atoms with Crippen molar-refractivity contribution in [3.63, 3.8) is 0 Å². The van der Waals surface area contributed by atoms with Crippen LogP contribution < -0.4 is 5.73 Å². The molecule has 2 N–H and O–H groups in total. The van der Waals surface area contributed by atoms with Gasteiger partial charge in [0.15, 0.2) is 0 Å². The maximum atomic E-state index is 6.00. The molecule has 18 heavy (non-hydrogen) atoms. The lowest BCUT2D eigenvalue weighted by Gasteiger charge is -2.33. The summed E-state index contributed by atoms with van der Waals surface area (Å²) in [5, 5.41) is 0. The highest BCUT2D eigenvalue weighted by atomic mass is 16.5. The Morgan fingerprint density at radius 3 is 2.83 bits per heavy atom. The Labute approximate surface area is 108 Å². The van der Waals surface area contributed by atoms with Crippen LogP contribution >= 0.6 is 0 Å². The summed E-state index contributed by atoms with van der Waals surface area (Å²) in [5.41, 5.74) is 6.00. The van der Waals surface area contributed by atoms with Crippen molar-refractivity contribution in [1.29, 1.82) is 0 Å². The third-order valence-corrected chi connectivity index (χ3v) is 4.00. The summed E-state index contributed by atoms with van der Waals surface area (Å²) in [4.78, 5) is 2.49. The summed E-state index contributed by atoms with van der Waals surface area (Å²) in [5.74, 6) is 1.03. The van der Waals surface area contributed by atoms with Crippen LogP contribution in [0, 0.1) is 0 Å². The van der Waals surface area contributed by atoms with Gasteiger partial charge in [0, 0.05) is 25.2 Å². The molecule has 4 heteroatoms. The molecular formula is C14H22N2O2. The average Bonchev–Trinajstić information content (AvgIpc) is 2.89. The maximum absolute atomic E-state index is 6.00. The molecular weight excluding hydrogens is 228 g/mol. The van der Waals surface area contributed by atoms with Crippen LogP contribution in [0.1, 0.15) is 31.4 Å². The molecule has 0 amide bonds. The minimum Gasteiger partial charge on any atom is -0.468 e. The van der Waals surface area contributed by atoms with E-state index in [0.717, 1.165) is 25.3 Å². The van der Waals surface area contributed by atoms with Crippen molar-refractivity contribution in [3.05, 3.63) is 24.2 Å². The van der Waals surface area contributed by atoms with Gasteiger partial charge < -0.3 is 14.9 Å². The van der Waals surface area contributed by atoms with Gasteiger partial charge in [0.05, 0.1) is 18.9 Å². The van der Waals surface area contributed by atoms with Crippen molar-refractivity contribution >= 4 is 0 Å². The number of furan rings is 1. The van der Waals surface area contributed by atoms with Crippen LogP contribution in [0.5, 0.6) is 0 Å². The third-order valence-electron chi connectivity index (χ3n) is 4.00. The summed E-state index contributed by atoms with van der Waals surface area (Å²) >= 11 is 0. The lowest BCUT2D eigenvalue weighted by Crippen LogP contribution is -2.48. The number of nitrogens with zero attached hydrogens (tertiary/aromatic N) is 1. The van der Waals surface area contributed by atoms with E-state index < -0.39 is 0 Å². The highest BCUT2D eigenvalue weighted by Gasteiger charge is 2.38. The van der Waals surface area contributed by atoms with E-state index in [1.165, 1.54) is 19.3 Å². The Kier molecular flexibility index (Phi) is 3.68. The van der Waals surface area contributed by atoms with E-state index in [2.05, 4.69) is 4.90 Å². The van der Waals surface area contributed by atoms with Crippen LogP contribution in [-0.4, -0.2) is 36.2 Å². The van der Waals surface area contributed by atoms with E-state index in [1.807, 2.05) is 12.1 Å². The van der Waals surface area contributed by atoms with Gasteiger partial charge in [-0.3, -0.25) is 4.90 Å². The number of ether oxygens (including phenoxy) is 1. The zero-order valence-corrected chi connectivity index (χ0v) is 10.8. The average molecular weight is 250 g/mol. The normalized spacial score (nSPS) is 25.8. The highest BCUT2D eigenvalue weighted by Crippen LogP contribution is 2.33. The van der Waals surface area contributed by atoms with Crippen molar-refractivity contribution in [3.8, 4) is 0 Å². The van der Waals surface area contributed by atoms with Crippen LogP contribution in [0.3, 0.4) is 0 Å². The molecule has 1 saturated heterocycles. The Hall–Kier alpha value is -0.840. The van der Waals surface area contributed by atoms with Crippen molar-refractivity contribution in [2.75, 3.05) is 13.2 Å². The van der Waals surface area contributed by atoms with Gasteiger partial charge in [0.2, 0.25) is 0 Å². The molecule has 1 saturated carbocycles.